The fourth-order valence-corrected chi connectivity index (χ4v) is 4.39. The first-order valence-electron chi connectivity index (χ1n) is 12.4. The number of ether oxygens (including phenoxy) is 1. The smallest absolute Gasteiger partial charge is 0.139 e. The van der Waals surface area contributed by atoms with E-state index in [4.69, 9.17) is 4.74 Å². The summed E-state index contributed by atoms with van der Waals surface area (Å²) in [7, 11) is 0. The first-order chi connectivity index (χ1) is 18.3. The largest absolute Gasteiger partial charge is 0.488 e. The van der Waals surface area contributed by atoms with Gasteiger partial charge in [0.1, 0.15) is 18.2 Å². The Morgan fingerprint density at radius 2 is 1.22 bits per heavy atom. The van der Waals surface area contributed by atoms with Crippen LogP contribution < -0.4 is 4.74 Å². The zero-order valence-electron chi connectivity index (χ0n) is 20.6. The van der Waals surface area contributed by atoms with Gasteiger partial charge in [0.05, 0.1) is 12.1 Å². The SMILES string of the molecule is Fc1ccc2cccc(OCc3ccccc3)c2c1C#CCN(Cc1ccccc1)Cc1ccccc1. The molecule has 0 aliphatic rings. The van der Waals surface area contributed by atoms with Crippen LogP contribution >= 0.6 is 0 Å². The Bertz CT molecular complexity index is 1460. The van der Waals surface area contributed by atoms with Crippen LogP contribution in [0.15, 0.2) is 121 Å². The molecule has 0 saturated carbocycles. The lowest BCUT2D eigenvalue weighted by molar-refractivity contribution is 0.290. The molecule has 0 amide bonds. The van der Waals surface area contributed by atoms with Crippen molar-refractivity contribution < 1.29 is 9.13 Å². The van der Waals surface area contributed by atoms with Gasteiger partial charge >= 0.3 is 0 Å². The van der Waals surface area contributed by atoms with Crippen molar-refractivity contribution in [2.45, 2.75) is 19.7 Å². The van der Waals surface area contributed by atoms with Crippen LogP contribution in [-0.2, 0) is 19.7 Å². The molecule has 5 aromatic carbocycles. The molecule has 0 aliphatic carbocycles. The first-order valence-corrected chi connectivity index (χ1v) is 12.4. The third-order valence-corrected chi connectivity index (χ3v) is 6.21. The van der Waals surface area contributed by atoms with Crippen molar-refractivity contribution in [3.63, 3.8) is 0 Å². The average Bonchev–Trinajstić information content (AvgIpc) is 2.94. The monoisotopic (exact) mass is 485 g/mol. The zero-order chi connectivity index (χ0) is 25.3. The number of nitrogens with zero attached hydrogens (tertiary/aromatic N) is 1. The summed E-state index contributed by atoms with van der Waals surface area (Å²) in [6.45, 7) is 2.43. The second-order valence-electron chi connectivity index (χ2n) is 8.97. The van der Waals surface area contributed by atoms with Crippen molar-refractivity contribution in [1.29, 1.82) is 0 Å². The Balaban J connectivity index is 1.42. The highest BCUT2D eigenvalue weighted by molar-refractivity contribution is 5.93. The first kappa shape index (κ1) is 24.3. The van der Waals surface area contributed by atoms with Gasteiger partial charge in [-0.15, -0.1) is 0 Å². The van der Waals surface area contributed by atoms with Gasteiger partial charge in [0, 0.05) is 18.5 Å². The van der Waals surface area contributed by atoms with Gasteiger partial charge in [-0.1, -0.05) is 121 Å². The molecular weight excluding hydrogens is 457 g/mol. The Morgan fingerprint density at radius 1 is 0.622 bits per heavy atom. The highest BCUT2D eigenvalue weighted by Crippen LogP contribution is 2.31. The lowest BCUT2D eigenvalue weighted by atomic mass is 10.0. The van der Waals surface area contributed by atoms with Crippen molar-refractivity contribution in [1.82, 2.24) is 4.90 Å². The zero-order valence-corrected chi connectivity index (χ0v) is 20.6. The number of benzene rings is 5. The van der Waals surface area contributed by atoms with Crippen LogP contribution in [0.1, 0.15) is 22.3 Å². The second-order valence-corrected chi connectivity index (χ2v) is 8.97. The van der Waals surface area contributed by atoms with Crippen molar-refractivity contribution in [3.8, 4) is 17.6 Å². The number of fused-ring (bicyclic) bond motifs is 1. The van der Waals surface area contributed by atoms with Crippen molar-refractivity contribution in [3.05, 3.63) is 149 Å². The van der Waals surface area contributed by atoms with Gasteiger partial charge in [-0.2, -0.15) is 0 Å². The minimum absolute atomic E-state index is 0.339. The number of hydrogen-bond acceptors (Lipinski definition) is 2. The molecule has 0 aromatic heterocycles. The van der Waals surface area contributed by atoms with Gasteiger partial charge in [0.2, 0.25) is 0 Å². The summed E-state index contributed by atoms with van der Waals surface area (Å²) in [5.41, 5.74) is 3.86. The lowest BCUT2D eigenvalue weighted by Gasteiger charge is -2.20. The summed E-state index contributed by atoms with van der Waals surface area (Å²) in [6.07, 6.45) is 0. The standard InChI is InChI=1S/C34H28FNO/c35-32-22-21-30-18-10-20-33(37-26-29-16-8-3-9-17-29)34(30)31(32)19-11-23-36(24-27-12-4-1-5-13-27)25-28-14-6-2-7-15-28/h1-10,12-18,20-22H,23-26H2. The van der Waals surface area contributed by atoms with E-state index in [0.717, 1.165) is 24.0 Å². The second kappa shape index (κ2) is 12.0. The lowest BCUT2D eigenvalue weighted by Crippen LogP contribution is -2.23. The van der Waals surface area contributed by atoms with Crippen LogP contribution in [0.3, 0.4) is 0 Å². The number of hydrogen-bond donors (Lipinski definition) is 0. The molecule has 3 heteroatoms. The summed E-state index contributed by atoms with van der Waals surface area (Å²) in [5, 5.41) is 1.62. The maximum atomic E-state index is 15.1. The fraction of sp³-hybridized carbons (Fsp3) is 0.118. The fourth-order valence-electron chi connectivity index (χ4n) is 4.39. The number of rotatable bonds is 8. The Kier molecular flexibility index (Phi) is 7.91. The average molecular weight is 486 g/mol. The molecule has 37 heavy (non-hydrogen) atoms. The van der Waals surface area contributed by atoms with E-state index < -0.39 is 0 Å². The molecule has 0 heterocycles. The van der Waals surface area contributed by atoms with Crippen LogP contribution in [0.4, 0.5) is 4.39 Å². The molecule has 0 spiro atoms. The van der Waals surface area contributed by atoms with Crippen LogP contribution in [-0.4, -0.2) is 11.4 Å². The van der Waals surface area contributed by atoms with Gasteiger partial charge in [-0.25, -0.2) is 4.39 Å². The maximum Gasteiger partial charge on any atom is 0.139 e. The maximum absolute atomic E-state index is 15.1. The highest BCUT2D eigenvalue weighted by Gasteiger charge is 2.12. The molecule has 0 fully saturated rings. The van der Waals surface area contributed by atoms with E-state index in [0.29, 0.717) is 29.9 Å². The molecule has 0 saturated heterocycles. The summed E-state index contributed by atoms with van der Waals surface area (Å²) in [4.78, 5) is 2.27. The molecule has 2 nitrogen and oxygen atoms in total. The Hall–Kier alpha value is -4.39. The van der Waals surface area contributed by atoms with E-state index >= 15 is 4.39 Å². The minimum Gasteiger partial charge on any atom is -0.488 e. The molecular formula is C34H28FNO. The van der Waals surface area contributed by atoms with Gasteiger partial charge < -0.3 is 4.74 Å². The molecule has 5 aromatic rings. The molecule has 0 bridgehead atoms. The van der Waals surface area contributed by atoms with Gasteiger partial charge in [-0.3, -0.25) is 4.90 Å². The van der Waals surface area contributed by atoms with Crippen molar-refractivity contribution in [2.75, 3.05) is 6.54 Å². The van der Waals surface area contributed by atoms with E-state index in [9.17, 15) is 0 Å². The van der Waals surface area contributed by atoms with Crippen molar-refractivity contribution >= 4 is 10.8 Å². The van der Waals surface area contributed by atoms with E-state index in [1.807, 2.05) is 84.9 Å². The Labute approximate surface area is 218 Å². The summed E-state index contributed by atoms with van der Waals surface area (Å²) in [6, 6.07) is 39.7. The van der Waals surface area contributed by atoms with Crippen molar-refractivity contribution in [2.24, 2.45) is 0 Å². The van der Waals surface area contributed by atoms with Crippen LogP contribution in [0.2, 0.25) is 0 Å². The Morgan fingerprint density at radius 3 is 1.84 bits per heavy atom. The molecule has 0 radical (unpaired) electrons. The molecule has 5 rings (SSSR count). The van der Waals surface area contributed by atoms with E-state index in [1.165, 1.54) is 17.2 Å². The van der Waals surface area contributed by atoms with Gasteiger partial charge in [0.15, 0.2) is 0 Å². The van der Waals surface area contributed by atoms with E-state index in [-0.39, 0.29) is 5.82 Å². The normalized spacial score (nSPS) is 10.8. The molecule has 0 atom stereocenters. The van der Waals surface area contributed by atoms with Crippen LogP contribution in [0.5, 0.6) is 5.75 Å². The van der Waals surface area contributed by atoms with Gasteiger partial charge in [0.25, 0.3) is 0 Å². The highest BCUT2D eigenvalue weighted by atomic mass is 19.1. The molecule has 182 valence electrons. The summed E-state index contributed by atoms with van der Waals surface area (Å²) >= 11 is 0. The number of halogens is 1. The minimum atomic E-state index is -0.339. The molecule has 0 unspecified atom stereocenters. The van der Waals surface area contributed by atoms with E-state index in [2.05, 4.69) is 41.0 Å². The predicted molar refractivity (Wildman–Crippen MR) is 149 cm³/mol. The quantitative estimate of drug-likeness (QED) is 0.210. The third kappa shape index (κ3) is 6.44. The van der Waals surface area contributed by atoms with Crippen LogP contribution in [0.25, 0.3) is 10.8 Å². The van der Waals surface area contributed by atoms with Crippen LogP contribution in [0, 0.1) is 17.7 Å². The third-order valence-electron chi connectivity index (χ3n) is 6.21. The topological polar surface area (TPSA) is 12.5 Å². The summed E-state index contributed by atoms with van der Waals surface area (Å²) < 4.78 is 21.3. The van der Waals surface area contributed by atoms with Gasteiger partial charge in [-0.05, 0) is 34.2 Å². The molecule has 0 N–H and O–H groups in total. The summed E-state index contributed by atoms with van der Waals surface area (Å²) in [5.74, 6) is 6.70. The molecule has 0 aliphatic heterocycles. The van der Waals surface area contributed by atoms with E-state index in [1.54, 1.807) is 6.07 Å². The predicted octanol–water partition coefficient (Wildman–Crippen LogP) is 7.61.